The molecule has 0 fully saturated rings. The fourth-order valence-corrected chi connectivity index (χ4v) is 4.91. The molecule has 0 saturated heterocycles. The zero-order valence-electron chi connectivity index (χ0n) is 20.2. The zero-order valence-corrected chi connectivity index (χ0v) is 21.0. The van der Waals surface area contributed by atoms with Crippen molar-refractivity contribution in [3.63, 3.8) is 0 Å². The Kier molecular flexibility index (Phi) is 8.37. The number of nitrogens with one attached hydrogen (secondary N) is 1. The molecule has 0 saturated carbocycles. The number of aliphatic imine (C=N–C) groups is 1. The van der Waals surface area contributed by atoms with Crippen molar-refractivity contribution in [3.8, 4) is 0 Å². The van der Waals surface area contributed by atoms with Crippen molar-refractivity contribution < 1.29 is 19.1 Å². The van der Waals surface area contributed by atoms with Crippen molar-refractivity contribution in [1.29, 1.82) is 0 Å². The average molecular weight is 472 g/mol. The summed E-state index contributed by atoms with van der Waals surface area (Å²) in [6.07, 6.45) is 1.07. The first kappa shape index (κ1) is 25.1. The number of allylic oxidation sites excluding steroid dienone is 1. The van der Waals surface area contributed by atoms with E-state index < -0.39 is 12.0 Å². The second kappa shape index (κ2) is 11.0. The first-order valence-electron chi connectivity index (χ1n) is 11.2. The lowest BCUT2D eigenvalue weighted by atomic mass is 9.90. The van der Waals surface area contributed by atoms with E-state index in [-0.39, 0.29) is 25.0 Å². The van der Waals surface area contributed by atoms with Gasteiger partial charge in [-0.1, -0.05) is 42.4 Å². The van der Waals surface area contributed by atoms with Gasteiger partial charge in [0.2, 0.25) is 5.91 Å². The molecule has 2 atom stereocenters. The number of fused-ring (bicyclic) bond motifs is 1. The van der Waals surface area contributed by atoms with Gasteiger partial charge in [-0.3, -0.25) is 4.79 Å². The third kappa shape index (κ3) is 5.68. The minimum atomic E-state index is -0.425. The Bertz CT molecular complexity index is 1010. The fourth-order valence-electron chi connectivity index (χ4n) is 3.95. The van der Waals surface area contributed by atoms with Gasteiger partial charge in [0, 0.05) is 18.8 Å². The van der Waals surface area contributed by atoms with Gasteiger partial charge >= 0.3 is 5.97 Å². The van der Waals surface area contributed by atoms with Crippen molar-refractivity contribution in [2.45, 2.75) is 59.5 Å². The van der Waals surface area contributed by atoms with Gasteiger partial charge in [0.15, 0.2) is 5.17 Å². The Morgan fingerprint density at radius 2 is 2.00 bits per heavy atom. The van der Waals surface area contributed by atoms with Crippen LogP contribution in [0.15, 0.2) is 45.6 Å². The number of methoxy groups -OCH3 is 1. The van der Waals surface area contributed by atoms with Crippen LogP contribution in [0, 0.1) is 13.8 Å². The summed E-state index contributed by atoms with van der Waals surface area (Å²) in [7, 11) is 1.57. The number of nitrogens with zero attached hydrogens (tertiary/aromatic N) is 2. The highest BCUT2D eigenvalue weighted by Crippen LogP contribution is 2.45. The maximum atomic E-state index is 13.2. The molecule has 3 rings (SSSR count). The summed E-state index contributed by atoms with van der Waals surface area (Å²) < 4.78 is 10.5. The molecule has 0 bridgehead atoms. The van der Waals surface area contributed by atoms with Gasteiger partial charge in [-0.15, -0.1) is 0 Å². The molecule has 0 aliphatic carbocycles. The van der Waals surface area contributed by atoms with E-state index >= 15 is 0 Å². The summed E-state index contributed by atoms with van der Waals surface area (Å²) in [5, 5.41) is 5.75. The summed E-state index contributed by atoms with van der Waals surface area (Å²) in [4.78, 5) is 32.6. The minimum Gasteiger partial charge on any atom is -0.460 e. The molecule has 0 aromatic heterocycles. The van der Waals surface area contributed by atoms with Crippen LogP contribution in [0.2, 0.25) is 0 Å². The number of hydrogen-bond acceptors (Lipinski definition) is 7. The monoisotopic (exact) mass is 471 g/mol. The molecular weight excluding hydrogens is 438 g/mol. The molecule has 1 aromatic carbocycles. The summed E-state index contributed by atoms with van der Waals surface area (Å²) in [5.74, 6) is -0.468. The average Bonchev–Trinajstić information content (AvgIpc) is 3.14. The highest BCUT2D eigenvalue weighted by Gasteiger charge is 2.41. The number of benzene rings is 1. The number of thioether (sulfide) groups is 1. The van der Waals surface area contributed by atoms with Gasteiger partial charge in [0.25, 0.3) is 0 Å². The topological polar surface area (TPSA) is 80.2 Å². The lowest BCUT2D eigenvalue weighted by molar-refractivity contribution is -0.141. The van der Waals surface area contributed by atoms with E-state index in [1.807, 2.05) is 57.1 Å². The minimum absolute atomic E-state index is 0.0488. The lowest BCUT2D eigenvalue weighted by Gasteiger charge is -2.37. The third-order valence-corrected chi connectivity index (χ3v) is 6.71. The zero-order chi connectivity index (χ0) is 24.1. The Balaban J connectivity index is 2.00. The first-order valence-corrected chi connectivity index (χ1v) is 12.1. The van der Waals surface area contributed by atoms with Gasteiger partial charge in [0.1, 0.15) is 6.61 Å². The summed E-state index contributed by atoms with van der Waals surface area (Å²) in [6, 6.07) is 5.87. The van der Waals surface area contributed by atoms with Crippen molar-refractivity contribution in [1.82, 2.24) is 10.2 Å². The van der Waals surface area contributed by atoms with E-state index in [9.17, 15) is 9.59 Å². The fraction of sp³-hybridized carbons (Fsp3) is 0.480. The summed E-state index contributed by atoms with van der Waals surface area (Å²) >= 11 is 1.48. The Morgan fingerprint density at radius 1 is 1.24 bits per heavy atom. The number of carbonyl (C=O) groups excluding carboxylic acids is 2. The summed E-state index contributed by atoms with van der Waals surface area (Å²) in [5.41, 5.74) is 5.13. The molecule has 33 heavy (non-hydrogen) atoms. The van der Waals surface area contributed by atoms with Crippen molar-refractivity contribution >= 4 is 28.8 Å². The van der Waals surface area contributed by atoms with Crippen LogP contribution in [0.5, 0.6) is 0 Å². The van der Waals surface area contributed by atoms with Crippen molar-refractivity contribution in [2.24, 2.45) is 4.99 Å². The van der Waals surface area contributed by atoms with Crippen LogP contribution in [0.1, 0.15) is 56.3 Å². The predicted molar refractivity (Wildman–Crippen MR) is 132 cm³/mol. The van der Waals surface area contributed by atoms with E-state index in [0.29, 0.717) is 17.9 Å². The van der Waals surface area contributed by atoms with Crippen LogP contribution in [-0.2, 0) is 19.1 Å². The maximum Gasteiger partial charge on any atom is 0.338 e. The lowest BCUT2D eigenvalue weighted by Crippen LogP contribution is -2.39. The second-order valence-electron chi connectivity index (χ2n) is 8.44. The van der Waals surface area contributed by atoms with Crippen molar-refractivity contribution in [3.05, 3.63) is 57.3 Å². The first-order chi connectivity index (χ1) is 15.8. The molecule has 0 spiro atoms. The van der Waals surface area contributed by atoms with Crippen LogP contribution in [0.3, 0.4) is 0 Å². The number of amides is 1. The number of hydrogen-bond donors (Lipinski definition) is 1. The van der Waals surface area contributed by atoms with E-state index in [2.05, 4.69) is 11.4 Å². The number of rotatable bonds is 9. The quantitative estimate of drug-likeness (QED) is 0.425. The molecule has 2 heterocycles. The van der Waals surface area contributed by atoms with Gasteiger partial charge in [-0.2, -0.15) is 0 Å². The predicted octanol–water partition coefficient (Wildman–Crippen LogP) is 4.37. The molecule has 1 amide bonds. The van der Waals surface area contributed by atoms with E-state index in [1.54, 1.807) is 7.11 Å². The van der Waals surface area contributed by atoms with Crippen LogP contribution < -0.4 is 5.32 Å². The molecule has 2 unspecified atom stereocenters. The van der Waals surface area contributed by atoms with Crippen molar-refractivity contribution in [2.75, 3.05) is 20.3 Å². The van der Waals surface area contributed by atoms with Crippen LogP contribution in [0.25, 0.3) is 0 Å². The number of amidine groups is 1. The highest BCUT2D eigenvalue weighted by atomic mass is 32.2. The van der Waals surface area contributed by atoms with Gasteiger partial charge in [0.05, 0.1) is 30.3 Å². The third-order valence-electron chi connectivity index (χ3n) is 5.82. The van der Waals surface area contributed by atoms with Gasteiger partial charge in [-0.25, -0.2) is 9.79 Å². The van der Waals surface area contributed by atoms with Gasteiger partial charge in [-0.05, 0) is 50.7 Å². The molecule has 2 aliphatic rings. The van der Waals surface area contributed by atoms with Gasteiger partial charge < -0.3 is 19.7 Å². The molecule has 7 nitrogen and oxygen atoms in total. The Morgan fingerprint density at radius 3 is 2.67 bits per heavy atom. The SMILES string of the molecule is CCC(C)NC(=O)CC1=CSC2=NC(C)=C(C(=O)OCCOC)C(c3ccc(C)cc3C)N12. The Hall–Kier alpha value is -2.58. The second-order valence-corrected chi connectivity index (χ2v) is 9.27. The molecule has 1 aromatic rings. The van der Waals surface area contributed by atoms with E-state index in [4.69, 9.17) is 14.5 Å². The normalized spacial score (nSPS) is 18.5. The highest BCUT2D eigenvalue weighted by molar-refractivity contribution is 8.16. The maximum absolute atomic E-state index is 13.2. The number of carbonyl (C=O) groups is 2. The molecular formula is C25H33N3O4S. The Labute approximate surface area is 200 Å². The standard InChI is InChI=1S/C25H33N3O4S/c1-7-17(4)26-21(29)13-19-14-33-25-27-18(5)22(24(30)32-11-10-31-6)23(28(19)25)20-9-8-15(2)12-16(20)3/h8-9,12,14,17,23H,7,10-11,13H2,1-6H3,(H,26,29). The molecule has 1 N–H and O–H groups in total. The van der Waals surface area contributed by atoms with E-state index in [0.717, 1.165) is 34.0 Å². The molecule has 8 heteroatoms. The van der Waals surface area contributed by atoms with E-state index in [1.165, 1.54) is 11.8 Å². The van der Waals surface area contributed by atoms with Crippen LogP contribution in [-0.4, -0.2) is 48.3 Å². The number of esters is 1. The van der Waals surface area contributed by atoms with Crippen LogP contribution in [0.4, 0.5) is 0 Å². The smallest absolute Gasteiger partial charge is 0.338 e. The molecule has 0 radical (unpaired) electrons. The largest absolute Gasteiger partial charge is 0.460 e. The summed E-state index contributed by atoms with van der Waals surface area (Å²) in [6.45, 7) is 10.4. The molecule has 2 aliphatic heterocycles. The molecule has 178 valence electrons. The number of ether oxygens (including phenoxy) is 2. The number of aryl methyl sites for hydroxylation is 2. The van der Waals surface area contributed by atoms with Crippen LogP contribution >= 0.6 is 11.8 Å².